The van der Waals surface area contributed by atoms with E-state index in [1.54, 1.807) is 0 Å². The van der Waals surface area contributed by atoms with Crippen LogP contribution in [0.3, 0.4) is 0 Å². The van der Waals surface area contributed by atoms with Crippen LogP contribution >= 0.6 is 0 Å². The Hall–Kier alpha value is 0.611. The van der Waals surface area contributed by atoms with Crippen molar-refractivity contribution in [3.8, 4) is 0 Å². The van der Waals surface area contributed by atoms with Gasteiger partial charge in [0.15, 0.2) is 0 Å². The molecule has 1 unspecified atom stereocenters. The second kappa shape index (κ2) is 3.70. The van der Waals surface area contributed by atoms with Crippen LogP contribution < -0.4 is 0 Å². The van der Waals surface area contributed by atoms with E-state index >= 15 is 0 Å². The van der Waals surface area contributed by atoms with E-state index in [1.165, 1.54) is 6.04 Å². The molecule has 1 aliphatic heterocycles. The van der Waals surface area contributed by atoms with Gasteiger partial charge in [-0.15, -0.1) is 0 Å². The standard InChI is InChI=1S/C5H16OSi3/c1-5(2)9-4-3-6-7-8-9/h5,9H,3-4,7-8H2,1-2H3. The molecule has 0 N–H and O–H groups in total. The number of hydrogen-bond acceptors (Lipinski definition) is 1. The molecule has 0 aromatic carbocycles. The SMILES string of the molecule is CC(C)[SiH]1CCO[SiH2][SiH2]1. The fourth-order valence-electron chi connectivity index (χ4n) is 1.38. The van der Waals surface area contributed by atoms with Gasteiger partial charge in [-0.1, -0.05) is 19.4 Å². The summed E-state index contributed by atoms with van der Waals surface area (Å²) in [5.41, 5.74) is 1.09. The molecule has 1 atom stereocenters. The summed E-state index contributed by atoms with van der Waals surface area (Å²) in [6.45, 7) is 5.99. The van der Waals surface area contributed by atoms with Gasteiger partial charge in [0.25, 0.3) is 0 Å². The molecule has 1 rings (SSSR count). The molecular formula is C5H16OSi3. The summed E-state index contributed by atoms with van der Waals surface area (Å²) in [5, 5.41) is 0. The van der Waals surface area contributed by atoms with E-state index < -0.39 is 0 Å². The smallest absolute Gasteiger partial charge is 0.140 e. The van der Waals surface area contributed by atoms with Crippen molar-refractivity contribution in [2.75, 3.05) is 6.61 Å². The van der Waals surface area contributed by atoms with Crippen molar-refractivity contribution in [1.82, 2.24) is 0 Å². The van der Waals surface area contributed by atoms with Crippen LogP contribution in [0.1, 0.15) is 13.8 Å². The molecule has 1 aliphatic rings. The molecule has 0 saturated carbocycles. The minimum Gasteiger partial charge on any atom is -0.428 e. The van der Waals surface area contributed by atoms with Crippen molar-refractivity contribution in [2.24, 2.45) is 0 Å². The van der Waals surface area contributed by atoms with Crippen LogP contribution in [0.25, 0.3) is 0 Å². The van der Waals surface area contributed by atoms with Crippen LogP contribution in [-0.4, -0.2) is 32.8 Å². The quantitative estimate of drug-likeness (QED) is 0.481. The molecule has 54 valence electrons. The van der Waals surface area contributed by atoms with E-state index in [-0.39, 0.29) is 17.6 Å². The zero-order chi connectivity index (χ0) is 6.69. The molecule has 4 heteroatoms. The minimum atomic E-state index is -0.124. The number of rotatable bonds is 1. The predicted octanol–water partition coefficient (Wildman–Crippen LogP) is -0.682. The molecule has 0 aromatic heterocycles. The van der Waals surface area contributed by atoms with Gasteiger partial charge in [-0.2, -0.15) is 0 Å². The maximum Gasteiger partial charge on any atom is 0.140 e. The molecule has 0 aliphatic carbocycles. The normalized spacial score (nSPS) is 34.3. The molecule has 0 bridgehead atoms. The first-order valence-electron chi connectivity index (χ1n) is 3.88. The zero-order valence-corrected chi connectivity index (χ0v) is 10.4. The van der Waals surface area contributed by atoms with Gasteiger partial charge in [0, 0.05) is 23.5 Å². The summed E-state index contributed by atoms with van der Waals surface area (Å²) in [4.78, 5) is 0. The topological polar surface area (TPSA) is 9.23 Å². The van der Waals surface area contributed by atoms with Crippen LogP contribution in [0.5, 0.6) is 0 Å². The molecule has 1 fully saturated rings. The van der Waals surface area contributed by atoms with Crippen molar-refractivity contribution in [1.29, 1.82) is 0 Å². The van der Waals surface area contributed by atoms with E-state index in [9.17, 15) is 0 Å². The summed E-state index contributed by atoms with van der Waals surface area (Å²) in [7, 11) is 0.426. The lowest BCUT2D eigenvalue weighted by molar-refractivity contribution is 0.366. The third kappa shape index (κ3) is 2.37. The fraction of sp³-hybridized carbons (Fsp3) is 1.00. The zero-order valence-electron chi connectivity index (χ0n) is 6.39. The fourth-order valence-corrected chi connectivity index (χ4v) is 22.9. The average molecular weight is 176 g/mol. The van der Waals surface area contributed by atoms with Crippen molar-refractivity contribution >= 4 is 26.1 Å². The van der Waals surface area contributed by atoms with Gasteiger partial charge in [0.05, 0.1) is 0 Å². The van der Waals surface area contributed by atoms with E-state index in [1.807, 2.05) is 0 Å². The van der Waals surface area contributed by atoms with Crippen LogP contribution in [0.15, 0.2) is 0 Å². The molecule has 1 heterocycles. The molecular weight excluding hydrogens is 160 g/mol. The van der Waals surface area contributed by atoms with Gasteiger partial charge in [-0.3, -0.25) is 0 Å². The van der Waals surface area contributed by atoms with Crippen molar-refractivity contribution in [2.45, 2.75) is 25.4 Å². The molecule has 1 saturated heterocycles. The second-order valence-electron chi connectivity index (χ2n) is 3.19. The van der Waals surface area contributed by atoms with E-state index in [0.717, 1.165) is 12.1 Å². The third-order valence-corrected chi connectivity index (χ3v) is 23.3. The Labute approximate surface area is 63.1 Å². The van der Waals surface area contributed by atoms with E-state index in [2.05, 4.69) is 13.8 Å². The molecule has 0 aromatic rings. The monoisotopic (exact) mass is 176 g/mol. The Morgan fingerprint density at radius 1 is 1.56 bits per heavy atom. The lowest BCUT2D eigenvalue weighted by Crippen LogP contribution is -2.37. The van der Waals surface area contributed by atoms with Crippen LogP contribution in [0.2, 0.25) is 11.6 Å². The Bertz CT molecular complexity index is 80.3. The minimum absolute atomic E-state index is 0.119. The summed E-state index contributed by atoms with van der Waals surface area (Å²) in [5.74, 6) is 0. The summed E-state index contributed by atoms with van der Waals surface area (Å²) in [6.07, 6.45) is 0. The van der Waals surface area contributed by atoms with Crippen molar-refractivity contribution in [3.05, 3.63) is 0 Å². The van der Waals surface area contributed by atoms with Crippen molar-refractivity contribution in [3.63, 3.8) is 0 Å². The van der Waals surface area contributed by atoms with Crippen LogP contribution in [0.4, 0.5) is 0 Å². The van der Waals surface area contributed by atoms with Gasteiger partial charge >= 0.3 is 0 Å². The lowest BCUT2D eigenvalue weighted by Gasteiger charge is -2.22. The Balaban J connectivity index is 2.23. The van der Waals surface area contributed by atoms with Gasteiger partial charge in [-0.25, -0.2) is 0 Å². The maximum atomic E-state index is 5.49. The third-order valence-electron chi connectivity index (χ3n) is 2.21. The maximum absolute atomic E-state index is 5.49. The van der Waals surface area contributed by atoms with Crippen molar-refractivity contribution < 1.29 is 4.43 Å². The van der Waals surface area contributed by atoms with Gasteiger partial charge in [0.1, 0.15) is 9.28 Å². The van der Waals surface area contributed by atoms with E-state index in [0.29, 0.717) is 8.55 Å². The Morgan fingerprint density at radius 3 is 2.67 bits per heavy atom. The Kier molecular flexibility index (Phi) is 3.17. The van der Waals surface area contributed by atoms with Crippen LogP contribution in [-0.2, 0) is 4.43 Å². The first kappa shape index (κ1) is 7.71. The molecule has 9 heavy (non-hydrogen) atoms. The first-order valence-corrected chi connectivity index (χ1v) is 13.2. The molecule has 1 nitrogen and oxygen atoms in total. The molecule has 0 spiro atoms. The summed E-state index contributed by atoms with van der Waals surface area (Å²) < 4.78 is 5.49. The van der Waals surface area contributed by atoms with Crippen LogP contribution in [0, 0.1) is 0 Å². The highest BCUT2D eigenvalue weighted by atomic mass is 29.5. The van der Waals surface area contributed by atoms with E-state index in [4.69, 9.17) is 4.43 Å². The highest BCUT2D eigenvalue weighted by Gasteiger charge is 2.18. The Morgan fingerprint density at radius 2 is 2.33 bits per heavy atom. The lowest BCUT2D eigenvalue weighted by atomic mass is 10.6. The molecule has 0 amide bonds. The summed E-state index contributed by atoms with van der Waals surface area (Å²) in [6, 6.07) is 1.51. The largest absolute Gasteiger partial charge is 0.428 e. The summed E-state index contributed by atoms with van der Waals surface area (Å²) >= 11 is 0. The van der Waals surface area contributed by atoms with Gasteiger partial charge < -0.3 is 4.43 Å². The highest BCUT2D eigenvalue weighted by molar-refractivity contribution is 7.35. The van der Waals surface area contributed by atoms with Gasteiger partial charge in [0.2, 0.25) is 0 Å². The molecule has 0 radical (unpaired) electrons. The first-order chi connectivity index (χ1) is 4.30. The average Bonchev–Trinajstić information content (AvgIpc) is 1.90. The predicted molar refractivity (Wildman–Crippen MR) is 50.1 cm³/mol. The highest BCUT2D eigenvalue weighted by Crippen LogP contribution is 2.12. The second-order valence-corrected chi connectivity index (χ2v) is 19.3. The van der Waals surface area contributed by atoms with Gasteiger partial charge in [-0.05, 0) is 6.04 Å². The number of hydrogen-bond donors (Lipinski definition) is 0.